The molecule has 4 nitrogen and oxygen atoms in total. The van der Waals surface area contributed by atoms with Gasteiger partial charge in [-0.15, -0.1) is 0 Å². The van der Waals surface area contributed by atoms with Crippen molar-refractivity contribution in [3.05, 3.63) is 23.0 Å². The van der Waals surface area contributed by atoms with Crippen LogP contribution in [0.4, 0.5) is 0 Å². The summed E-state index contributed by atoms with van der Waals surface area (Å²) >= 11 is 0. The van der Waals surface area contributed by atoms with Crippen LogP contribution in [0.5, 0.6) is 0 Å². The van der Waals surface area contributed by atoms with E-state index in [1.54, 1.807) is 0 Å². The number of nitrogens with zero attached hydrogens (tertiary/aromatic N) is 2. The Hall–Kier alpha value is -0.940. The summed E-state index contributed by atoms with van der Waals surface area (Å²) in [5, 5.41) is 0. The number of hydrogen-bond acceptors (Lipinski definition) is 4. The van der Waals surface area contributed by atoms with Gasteiger partial charge in [0.2, 0.25) is 0 Å². The summed E-state index contributed by atoms with van der Waals surface area (Å²) in [7, 11) is -1.21. The fourth-order valence-corrected chi connectivity index (χ4v) is 3.47. The number of aromatic nitrogens is 1. The molecule has 0 aromatic carbocycles. The van der Waals surface area contributed by atoms with E-state index in [0.717, 1.165) is 30.8 Å². The predicted octanol–water partition coefficient (Wildman–Crippen LogP) is 1.77. The van der Waals surface area contributed by atoms with Gasteiger partial charge in [-0.3, -0.25) is 4.98 Å². The number of likely N-dealkylation sites (N-methyl/N-ethyl adjacent to an activating group) is 1. The number of hydrogen-bond donors (Lipinski definition) is 0. The summed E-state index contributed by atoms with van der Waals surface area (Å²) < 4.78 is 24.0. The molecule has 0 fully saturated rings. The van der Waals surface area contributed by atoms with Gasteiger partial charge in [0, 0.05) is 36.9 Å². The second-order valence-corrected chi connectivity index (χ2v) is 8.44. The van der Waals surface area contributed by atoms with Crippen LogP contribution in [0.3, 0.4) is 0 Å². The van der Waals surface area contributed by atoms with Crippen molar-refractivity contribution in [3.8, 4) is 0 Å². The summed E-state index contributed by atoms with van der Waals surface area (Å²) in [5.74, 6) is 0. The minimum atomic E-state index is -3.25. The van der Waals surface area contributed by atoms with Gasteiger partial charge < -0.3 is 4.90 Å². The van der Waals surface area contributed by atoms with Crippen LogP contribution in [0, 0.1) is 0 Å². The van der Waals surface area contributed by atoms with E-state index in [0.29, 0.717) is 10.6 Å². The normalized spacial score (nSPS) is 17.3. The second kappa shape index (κ2) is 4.56. The Morgan fingerprint density at radius 2 is 1.95 bits per heavy atom. The highest BCUT2D eigenvalue weighted by Gasteiger charge is 2.28. The molecule has 0 atom stereocenters. The monoisotopic (exact) mass is 282 g/mol. The van der Waals surface area contributed by atoms with Crippen molar-refractivity contribution in [2.45, 2.75) is 44.0 Å². The summed E-state index contributed by atoms with van der Waals surface area (Å²) in [5.41, 5.74) is 2.52. The van der Waals surface area contributed by atoms with Crippen molar-refractivity contribution in [1.29, 1.82) is 0 Å². The molecule has 0 spiro atoms. The first-order chi connectivity index (χ1) is 8.59. The molecule has 0 radical (unpaired) electrons. The molecule has 5 heteroatoms. The zero-order chi connectivity index (χ0) is 14.4. The van der Waals surface area contributed by atoms with E-state index in [2.05, 4.69) is 9.88 Å². The molecule has 0 bridgehead atoms. The highest BCUT2D eigenvalue weighted by Crippen LogP contribution is 2.30. The SMILES string of the molecule is CN1CCc2nc(C(C)(C)C)c(S(C)(=O)=O)cc2C1. The van der Waals surface area contributed by atoms with E-state index in [4.69, 9.17) is 0 Å². The first-order valence-electron chi connectivity index (χ1n) is 6.51. The molecule has 2 rings (SSSR count). The standard InChI is InChI=1S/C14H22N2O2S/c1-14(2,3)13-12(19(5,17)18)8-10-9-16(4)7-6-11(10)15-13/h8H,6-7,9H2,1-5H3. The fraction of sp³-hybridized carbons (Fsp3) is 0.643. The van der Waals surface area contributed by atoms with Crippen molar-refractivity contribution in [1.82, 2.24) is 9.88 Å². The van der Waals surface area contributed by atoms with E-state index in [-0.39, 0.29) is 5.41 Å². The highest BCUT2D eigenvalue weighted by atomic mass is 32.2. The molecule has 19 heavy (non-hydrogen) atoms. The maximum atomic E-state index is 12.0. The van der Waals surface area contributed by atoms with Gasteiger partial charge in [0.25, 0.3) is 0 Å². The van der Waals surface area contributed by atoms with Crippen LogP contribution in [0.1, 0.15) is 37.7 Å². The topological polar surface area (TPSA) is 50.3 Å². The molecule has 0 unspecified atom stereocenters. The summed E-state index contributed by atoms with van der Waals surface area (Å²) in [6, 6.07) is 1.83. The molecule has 0 saturated carbocycles. The Labute approximate surface area is 115 Å². The van der Waals surface area contributed by atoms with E-state index in [9.17, 15) is 8.42 Å². The lowest BCUT2D eigenvalue weighted by Gasteiger charge is -2.28. The lowest BCUT2D eigenvalue weighted by molar-refractivity contribution is 0.308. The van der Waals surface area contributed by atoms with Gasteiger partial charge in [0.1, 0.15) is 0 Å². The molecule has 1 aromatic heterocycles. The Kier molecular flexibility index (Phi) is 3.47. The number of rotatable bonds is 1. The molecular formula is C14H22N2O2S. The number of pyridine rings is 1. The molecule has 106 valence electrons. The lowest BCUT2D eigenvalue weighted by atomic mass is 9.90. The predicted molar refractivity (Wildman–Crippen MR) is 76.1 cm³/mol. The fourth-order valence-electron chi connectivity index (χ4n) is 2.41. The first-order valence-corrected chi connectivity index (χ1v) is 8.40. The zero-order valence-electron chi connectivity index (χ0n) is 12.3. The van der Waals surface area contributed by atoms with Crippen molar-refractivity contribution >= 4 is 9.84 Å². The van der Waals surface area contributed by atoms with Gasteiger partial charge in [-0.1, -0.05) is 20.8 Å². The largest absolute Gasteiger partial charge is 0.302 e. The Morgan fingerprint density at radius 1 is 1.32 bits per heavy atom. The van der Waals surface area contributed by atoms with Gasteiger partial charge in [-0.05, 0) is 18.7 Å². The van der Waals surface area contributed by atoms with Gasteiger partial charge in [0.15, 0.2) is 9.84 Å². The van der Waals surface area contributed by atoms with E-state index in [1.807, 2.05) is 33.9 Å². The van der Waals surface area contributed by atoms with Gasteiger partial charge in [-0.25, -0.2) is 8.42 Å². The van der Waals surface area contributed by atoms with Crippen LogP contribution in [-0.2, 0) is 28.2 Å². The molecule has 1 aromatic rings. The summed E-state index contributed by atoms with van der Waals surface area (Å²) in [6.45, 7) is 7.76. The number of sulfone groups is 1. The Bertz CT molecular complexity index is 601. The molecule has 0 aliphatic carbocycles. The Balaban J connectivity index is 2.68. The number of fused-ring (bicyclic) bond motifs is 1. The molecule has 0 saturated heterocycles. The van der Waals surface area contributed by atoms with Crippen LogP contribution in [0.15, 0.2) is 11.0 Å². The lowest BCUT2D eigenvalue weighted by Crippen LogP contribution is -2.29. The Morgan fingerprint density at radius 3 is 2.47 bits per heavy atom. The molecule has 1 aliphatic heterocycles. The highest BCUT2D eigenvalue weighted by molar-refractivity contribution is 7.90. The van der Waals surface area contributed by atoms with Crippen LogP contribution in [0.25, 0.3) is 0 Å². The maximum Gasteiger partial charge on any atom is 0.177 e. The van der Waals surface area contributed by atoms with Crippen molar-refractivity contribution in [2.75, 3.05) is 19.8 Å². The third-order valence-corrected chi connectivity index (χ3v) is 4.55. The zero-order valence-corrected chi connectivity index (χ0v) is 13.1. The molecule has 1 aliphatic rings. The van der Waals surface area contributed by atoms with Crippen LogP contribution in [0.2, 0.25) is 0 Å². The van der Waals surface area contributed by atoms with E-state index >= 15 is 0 Å². The average molecular weight is 282 g/mol. The van der Waals surface area contributed by atoms with Crippen LogP contribution < -0.4 is 0 Å². The van der Waals surface area contributed by atoms with Crippen LogP contribution in [-0.4, -0.2) is 38.1 Å². The molecular weight excluding hydrogens is 260 g/mol. The van der Waals surface area contributed by atoms with E-state index < -0.39 is 9.84 Å². The van der Waals surface area contributed by atoms with Gasteiger partial charge >= 0.3 is 0 Å². The smallest absolute Gasteiger partial charge is 0.177 e. The average Bonchev–Trinajstić information content (AvgIpc) is 2.24. The van der Waals surface area contributed by atoms with Crippen molar-refractivity contribution in [2.24, 2.45) is 0 Å². The minimum absolute atomic E-state index is 0.267. The van der Waals surface area contributed by atoms with Crippen molar-refractivity contribution < 1.29 is 8.42 Å². The van der Waals surface area contributed by atoms with Crippen molar-refractivity contribution in [3.63, 3.8) is 0 Å². The van der Waals surface area contributed by atoms with Gasteiger partial charge in [-0.2, -0.15) is 0 Å². The first kappa shape index (κ1) is 14.5. The molecule has 0 N–H and O–H groups in total. The van der Waals surface area contributed by atoms with Gasteiger partial charge in [0.05, 0.1) is 10.6 Å². The third kappa shape index (κ3) is 2.98. The molecule has 0 amide bonds. The van der Waals surface area contributed by atoms with E-state index in [1.165, 1.54) is 6.26 Å². The summed E-state index contributed by atoms with van der Waals surface area (Å²) in [6.07, 6.45) is 2.15. The second-order valence-electron chi connectivity index (χ2n) is 6.45. The van der Waals surface area contributed by atoms with Crippen LogP contribution >= 0.6 is 0 Å². The minimum Gasteiger partial charge on any atom is -0.302 e. The molecule has 2 heterocycles. The maximum absolute atomic E-state index is 12.0. The summed E-state index contributed by atoms with van der Waals surface area (Å²) in [4.78, 5) is 7.25. The third-order valence-electron chi connectivity index (χ3n) is 3.44. The quantitative estimate of drug-likeness (QED) is 0.788.